The zero-order chi connectivity index (χ0) is 19.7. The first-order valence-electron chi connectivity index (χ1n) is 8.37. The van der Waals surface area contributed by atoms with Crippen LogP contribution in [0.5, 0.6) is 0 Å². The Balaban J connectivity index is 1.66. The van der Waals surface area contributed by atoms with E-state index < -0.39 is 5.82 Å². The van der Waals surface area contributed by atoms with E-state index in [2.05, 4.69) is 20.2 Å². The summed E-state index contributed by atoms with van der Waals surface area (Å²) < 4.78 is 20.7. The molecule has 0 unspecified atom stereocenters. The molecule has 3 heterocycles. The summed E-state index contributed by atoms with van der Waals surface area (Å²) >= 11 is 0. The van der Waals surface area contributed by atoms with E-state index >= 15 is 0 Å². The molecule has 0 N–H and O–H groups in total. The minimum atomic E-state index is -0.507. The quantitative estimate of drug-likeness (QED) is 0.495. The van der Waals surface area contributed by atoms with Crippen LogP contribution in [0.2, 0.25) is 0 Å². The van der Waals surface area contributed by atoms with Crippen molar-refractivity contribution in [2.24, 2.45) is 7.05 Å². The fourth-order valence-corrected chi connectivity index (χ4v) is 2.81. The number of hydrogen-bond acceptors (Lipinski definition) is 6. The van der Waals surface area contributed by atoms with Gasteiger partial charge < -0.3 is 4.52 Å². The van der Waals surface area contributed by atoms with Gasteiger partial charge in [-0.2, -0.15) is 10.1 Å². The van der Waals surface area contributed by atoms with E-state index in [1.807, 2.05) is 6.07 Å². The van der Waals surface area contributed by atoms with Crippen LogP contribution in [-0.4, -0.2) is 31.3 Å². The van der Waals surface area contributed by atoms with Crippen LogP contribution < -0.4 is 4.90 Å². The monoisotopic (exact) mass is 378 g/mol. The van der Waals surface area contributed by atoms with E-state index in [-0.39, 0.29) is 5.69 Å². The molecule has 0 aliphatic rings. The highest BCUT2D eigenvalue weighted by Gasteiger charge is 2.16. The maximum absolute atomic E-state index is 14.0. The van der Waals surface area contributed by atoms with Gasteiger partial charge in [0.1, 0.15) is 17.3 Å². The predicted molar refractivity (Wildman–Crippen MR) is 99.1 cm³/mol. The van der Waals surface area contributed by atoms with E-state index in [9.17, 15) is 9.18 Å². The number of nitrogens with zero attached hydrogens (tertiary/aromatic N) is 6. The molecular weight excluding hydrogens is 363 g/mol. The van der Waals surface area contributed by atoms with Crippen LogP contribution in [0.25, 0.3) is 22.8 Å². The van der Waals surface area contributed by atoms with Crippen LogP contribution >= 0.6 is 0 Å². The molecule has 0 aliphatic carbocycles. The molecule has 0 bridgehead atoms. The number of pyridine rings is 1. The molecule has 0 saturated heterocycles. The Hall–Kier alpha value is -3.88. The third-order valence-electron chi connectivity index (χ3n) is 4.14. The molecule has 0 radical (unpaired) electrons. The zero-order valence-electron chi connectivity index (χ0n) is 15.1. The van der Waals surface area contributed by atoms with Crippen LogP contribution in [0.3, 0.4) is 0 Å². The molecule has 9 heteroatoms. The second-order valence-electron chi connectivity index (χ2n) is 6.01. The average Bonchev–Trinajstić information content (AvgIpc) is 3.30. The number of hydrogen-bond donors (Lipinski definition) is 0. The summed E-state index contributed by atoms with van der Waals surface area (Å²) in [5.41, 5.74) is 2.25. The van der Waals surface area contributed by atoms with Gasteiger partial charge in [-0.25, -0.2) is 9.37 Å². The molecule has 0 fully saturated rings. The minimum absolute atomic E-state index is 0.132. The van der Waals surface area contributed by atoms with Crippen molar-refractivity contribution < 1.29 is 13.7 Å². The van der Waals surface area contributed by atoms with Gasteiger partial charge in [0.25, 0.3) is 0 Å². The first kappa shape index (κ1) is 17.5. The second-order valence-corrected chi connectivity index (χ2v) is 6.01. The summed E-state index contributed by atoms with van der Waals surface area (Å²) in [7, 11) is 1.79. The lowest BCUT2D eigenvalue weighted by Crippen LogP contribution is -2.16. The second kappa shape index (κ2) is 7.03. The van der Waals surface area contributed by atoms with Gasteiger partial charge in [0.15, 0.2) is 0 Å². The Morgan fingerprint density at radius 1 is 1.21 bits per heavy atom. The number of carbonyl (C=O) groups excluding carboxylic acids is 1. The molecule has 4 rings (SSSR count). The van der Waals surface area contributed by atoms with Crippen molar-refractivity contribution in [3.63, 3.8) is 0 Å². The largest absolute Gasteiger partial charge is 0.339 e. The van der Waals surface area contributed by atoms with Crippen molar-refractivity contribution in [3.05, 3.63) is 60.4 Å². The summed E-state index contributed by atoms with van der Waals surface area (Å²) in [6.07, 6.45) is 2.12. The zero-order valence-corrected chi connectivity index (χ0v) is 15.1. The molecule has 3 aromatic heterocycles. The summed E-state index contributed by atoms with van der Waals surface area (Å²) in [6, 6.07) is 11.2. The number of amides is 1. The number of aromatic nitrogens is 5. The van der Waals surface area contributed by atoms with E-state index in [0.717, 1.165) is 16.2 Å². The van der Waals surface area contributed by atoms with E-state index in [1.165, 1.54) is 12.1 Å². The van der Waals surface area contributed by atoms with E-state index in [4.69, 9.17) is 4.52 Å². The third kappa shape index (κ3) is 3.13. The highest BCUT2D eigenvalue weighted by molar-refractivity contribution is 5.85. The third-order valence-corrected chi connectivity index (χ3v) is 4.14. The van der Waals surface area contributed by atoms with Gasteiger partial charge in [-0.05, 0) is 30.3 Å². The number of benzene rings is 1. The first-order valence-corrected chi connectivity index (χ1v) is 8.37. The summed E-state index contributed by atoms with van der Waals surface area (Å²) in [5.74, 6) is 0.651. The summed E-state index contributed by atoms with van der Waals surface area (Å²) in [6.45, 7) is 1.71. The van der Waals surface area contributed by atoms with Crippen molar-refractivity contribution in [1.29, 1.82) is 0 Å². The van der Waals surface area contributed by atoms with Crippen molar-refractivity contribution in [1.82, 2.24) is 24.9 Å². The fourth-order valence-electron chi connectivity index (χ4n) is 2.81. The lowest BCUT2D eigenvalue weighted by atomic mass is 10.2. The molecule has 0 aliphatic heterocycles. The topological polar surface area (TPSA) is 89.9 Å². The SMILES string of the molecule is Cc1nc(-c2cc(-c3ccc(N(C=O)c4ccccc4F)nc3)n(C)n2)no1. The molecule has 4 aromatic rings. The van der Waals surface area contributed by atoms with Crippen molar-refractivity contribution in [2.75, 3.05) is 4.90 Å². The maximum Gasteiger partial charge on any atom is 0.223 e. The van der Waals surface area contributed by atoms with E-state index in [1.54, 1.807) is 49.1 Å². The van der Waals surface area contributed by atoms with Gasteiger partial charge >= 0.3 is 0 Å². The Labute approximate surface area is 159 Å². The number of para-hydroxylation sites is 1. The number of rotatable bonds is 5. The molecule has 8 nitrogen and oxygen atoms in total. The summed E-state index contributed by atoms with van der Waals surface area (Å²) in [5, 5.41) is 8.26. The van der Waals surface area contributed by atoms with Crippen LogP contribution in [-0.2, 0) is 11.8 Å². The first-order chi connectivity index (χ1) is 13.6. The number of aryl methyl sites for hydroxylation is 2. The van der Waals surface area contributed by atoms with Gasteiger partial charge in [-0.1, -0.05) is 17.3 Å². The fraction of sp³-hybridized carbons (Fsp3) is 0.105. The molecule has 1 amide bonds. The molecule has 1 aromatic carbocycles. The van der Waals surface area contributed by atoms with Crippen LogP contribution in [0, 0.1) is 12.7 Å². The Morgan fingerprint density at radius 2 is 2.04 bits per heavy atom. The summed E-state index contributed by atoms with van der Waals surface area (Å²) in [4.78, 5) is 21.1. The molecule has 28 heavy (non-hydrogen) atoms. The van der Waals surface area contributed by atoms with Gasteiger partial charge in [-0.3, -0.25) is 14.4 Å². The lowest BCUT2D eigenvalue weighted by molar-refractivity contribution is -0.106. The minimum Gasteiger partial charge on any atom is -0.339 e. The Bertz CT molecular complexity index is 1140. The highest BCUT2D eigenvalue weighted by Crippen LogP contribution is 2.28. The van der Waals surface area contributed by atoms with Crippen molar-refractivity contribution >= 4 is 17.9 Å². The molecule has 0 atom stereocenters. The van der Waals surface area contributed by atoms with Crippen LogP contribution in [0.1, 0.15) is 5.89 Å². The lowest BCUT2D eigenvalue weighted by Gasteiger charge is -2.17. The normalized spacial score (nSPS) is 10.8. The molecule has 140 valence electrons. The number of anilines is 2. The van der Waals surface area contributed by atoms with Gasteiger partial charge in [0.2, 0.25) is 18.1 Å². The van der Waals surface area contributed by atoms with Crippen molar-refractivity contribution in [2.45, 2.75) is 6.92 Å². The number of halogens is 1. The van der Waals surface area contributed by atoms with Gasteiger partial charge in [0.05, 0.1) is 11.4 Å². The number of carbonyl (C=O) groups is 1. The van der Waals surface area contributed by atoms with Gasteiger partial charge in [-0.15, -0.1) is 0 Å². The molecule has 0 saturated carbocycles. The highest BCUT2D eigenvalue weighted by atomic mass is 19.1. The van der Waals surface area contributed by atoms with Crippen molar-refractivity contribution in [3.8, 4) is 22.8 Å². The smallest absolute Gasteiger partial charge is 0.223 e. The molecular formula is C19H15FN6O2. The standard InChI is InChI=1S/C19H15FN6O2/c1-12-22-19(24-28-12)15-9-17(25(2)23-15)13-7-8-18(21-10-13)26(11-27)16-6-4-3-5-14(16)20/h3-11H,1-2H3. The van der Waals surface area contributed by atoms with Crippen LogP contribution in [0.4, 0.5) is 15.9 Å². The predicted octanol–water partition coefficient (Wildman–Crippen LogP) is 3.27. The van der Waals surface area contributed by atoms with E-state index in [0.29, 0.717) is 29.6 Å². The Morgan fingerprint density at radius 3 is 2.68 bits per heavy atom. The Kier molecular flexibility index (Phi) is 4.40. The van der Waals surface area contributed by atoms with Gasteiger partial charge in [0, 0.05) is 25.7 Å². The maximum atomic E-state index is 14.0. The molecule has 0 spiro atoms. The average molecular weight is 378 g/mol. The van der Waals surface area contributed by atoms with Crippen LogP contribution in [0.15, 0.2) is 53.2 Å².